The maximum Gasteiger partial charge on any atom is 0.208 e. The van der Waals surface area contributed by atoms with Gasteiger partial charge in [-0.3, -0.25) is 4.98 Å². The summed E-state index contributed by atoms with van der Waals surface area (Å²) in [5.74, 6) is 0. The molecular formula is C20H20ClN3O2S. The third-order valence-electron chi connectivity index (χ3n) is 4.79. The third-order valence-corrected chi connectivity index (χ3v) is 6.74. The number of fused-ring (bicyclic) bond motifs is 1. The molecule has 0 spiro atoms. The Labute approximate surface area is 163 Å². The second-order valence-corrected chi connectivity index (χ2v) is 9.17. The molecule has 1 aliphatic rings. The maximum atomic E-state index is 12.9. The van der Waals surface area contributed by atoms with E-state index in [-0.39, 0.29) is 9.79 Å². The first-order valence-corrected chi connectivity index (χ1v) is 10.7. The molecule has 1 saturated heterocycles. The van der Waals surface area contributed by atoms with Gasteiger partial charge in [0, 0.05) is 42.3 Å². The lowest BCUT2D eigenvalue weighted by molar-refractivity contribution is 0.485. The summed E-state index contributed by atoms with van der Waals surface area (Å²) in [7, 11) is -3.67. The average Bonchev–Trinajstić information content (AvgIpc) is 2.67. The fourth-order valence-electron chi connectivity index (χ4n) is 3.45. The SMILES string of the molecule is C[C@H]1CN(c2cccc3cc(S(=O)(=O)c4cccc(Cl)c4)cnc23)CCN1. The van der Waals surface area contributed by atoms with Crippen LogP contribution in [0.3, 0.4) is 0 Å². The summed E-state index contributed by atoms with van der Waals surface area (Å²) in [4.78, 5) is 7.15. The molecular weight excluding hydrogens is 382 g/mol. The molecule has 0 radical (unpaired) electrons. The number of piperazine rings is 1. The van der Waals surface area contributed by atoms with Crippen molar-refractivity contribution in [1.82, 2.24) is 10.3 Å². The number of nitrogens with zero attached hydrogens (tertiary/aromatic N) is 2. The van der Waals surface area contributed by atoms with Crippen LogP contribution in [-0.2, 0) is 9.84 Å². The summed E-state index contributed by atoms with van der Waals surface area (Å²) in [5, 5.41) is 4.63. The van der Waals surface area contributed by atoms with E-state index in [9.17, 15) is 8.42 Å². The molecule has 0 saturated carbocycles. The molecule has 4 rings (SSSR count). The number of sulfone groups is 1. The molecule has 1 aliphatic heterocycles. The van der Waals surface area contributed by atoms with Gasteiger partial charge in [-0.15, -0.1) is 0 Å². The molecule has 7 heteroatoms. The van der Waals surface area contributed by atoms with Crippen molar-refractivity contribution in [3.05, 3.63) is 59.8 Å². The second-order valence-electron chi connectivity index (χ2n) is 6.78. The predicted octanol–water partition coefficient (Wildman–Crippen LogP) is 3.52. The van der Waals surface area contributed by atoms with E-state index in [2.05, 4.69) is 22.1 Å². The highest BCUT2D eigenvalue weighted by atomic mass is 35.5. The van der Waals surface area contributed by atoms with Crippen molar-refractivity contribution in [2.45, 2.75) is 22.8 Å². The molecule has 0 aliphatic carbocycles. The van der Waals surface area contributed by atoms with Gasteiger partial charge in [-0.25, -0.2) is 8.42 Å². The van der Waals surface area contributed by atoms with Gasteiger partial charge in [0.2, 0.25) is 9.84 Å². The highest BCUT2D eigenvalue weighted by Crippen LogP contribution is 2.30. The van der Waals surface area contributed by atoms with Gasteiger partial charge in [0.15, 0.2) is 0 Å². The fraction of sp³-hybridized carbons (Fsp3) is 0.250. The molecule has 27 heavy (non-hydrogen) atoms. The molecule has 3 aromatic rings. The average molecular weight is 402 g/mol. The molecule has 1 aromatic heterocycles. The minimum absolute atomic E-state index is 0.170. The molecule has 1 N–H and O–H groups in total. The number of anilines is 1. The fourth-order valence-corrected chi connectivity index (χ4v) is 4.99. The predicted molar refractivity (Wildman–Crippen MR) is 108 cm³/mol. The summed E-state index contributed by atoms with van der Waals surface area (Å²) < 4.78 is 25.9. The van der Waals surface area contributed by atoms with Gasteiger partial charge in [0.1, 0.15) is 0 Å². The van der Waals surface area contributed by atoms with Gasteiger partial charge in [-0.1, -0.05) is 29.8 Å². The maximum absolute atomic E-state index is 12.9. The van der Waals surface area contributed by atoms with Gasteiger partial charge in [-0.2, -0.15) is 0 Å². The molecule has 0 unspecified atom stereocenters. The molecule has 140 valence electrons. The van der Waals surface area contributed by atoms with Crippen LogP contribution in [0.1, 0.15) is 6.92 Å². The Bertz CT molecular complexity index is 1100. The molecule has 5 nitrogen and oxygen atoms in total. The van der Waals surface area contributed by atoms with Gasteiger partial charge >= 0.3 is 0 Å². The highest BCUT2D eigenvalue weighted by molar-refractivity contribution is 7.91. The van der Waals surface area contributed by atoms with E-state index in [1.54, 1.807) is 24.3 Å². The van der Waals surface area contributed by atoms with Crippen LogP contribution in [0, 0.1) is 0 Å². The van der Waals surface area contributed by atoms with Gasteiger partial charge < -0.3 is 10.2 Å². The lowest BCUT2D eigenvalue weighted by Gasteiger charge is -2.34. The first-order chi connectivity index (χ1) is 12.9. The van der Waals surface area contributed by atoms with Gasteiger partial charge in [-0.05, 0) is 37.3 Å². The van der Waals surface area contributed by atoms with Crippen molar-refractivity contribution in [3.8, 4) is 0 Å². The quantitative estimate of drug-likeness (QED) is 0.727. The van der Waals surface area contributed by atoms with Crippen LogP contribution in [0.5, 0.6) is 0 Å². The van der Waals surface area contributed by atoms with Crippen molar-refractivity contribution in [2.75, 3.05) is 24.5 Å². The molecule has 0 amide bonds. The van der Waals surface area contributed by atoms with Crippen LogP contribution in [0.25, 0.3) is 10.9 Å². The lowest BCUT2D eigenvalue weighted by Crippen LogP contribution is -2.49. The minimum Gasteiger partial charge on any atom is -0.367 e. The van der Waals surface area contributed by atoms with Crippen molar-refractivity contribution in [3.63, 3.8) is 0 Å². The zero-order valence-corrected chi connectivity index (χ0v) is 16.5. The zero-order valence-electron chi connectivity index (χ0n) is 14.9. The van der Waals surface area contributed by atoms with Crippen molar-refractivity contribution >= 4 is 38.0 Å². The smallest absolute Gasteiger partial charge is 0.208 e. The number of hydrogen-bond donors (Lipinski definition) is 1. The Balaban J connectivity index is 1.77. The van der Waals surface area contributed by atoms with Crippen LogP contribution in [0.4, 0.5) is 5.69 Å². The Morgan fingerprint density at radius 3 is 2.74 bits per heavy atom. The summed E-state index contributed by atoms with van der Waals surface area (Å²) in [6.45, 7) is 4.86. The summed E-state index contributed by atoms with van der Waals surface area (Å²) in [5.41, 5.74) is 1.85. The second kappa shape index (κ2) is 7.11. The Kier molecular flexibility index (Phi) is 4.80. The van der Waals surface area contributed by atoms with Gasteiger partial charge in [0.25, 0.3) is 0 Å². The Morgan fingerprint density at radius 2 is 1.96 bits per heavy atom. The molecule has 1 atom stereocenters. The van der Waals surface area contributed by atoms with Gasteiger partial charge in [0.05, 0.1) is 21.0 Å². The number of aromatic nitrogens is 1. The number of hydrogen-bond acceptors (Lipinski definition) is 5. The number of para-hydroxylation sites is 1. The molecule has 2 aromatic carbocycles. The summed E-state index contributed by atoms with van der Waals surface area (Å²) >= 11 is 5.96. The number of pyridine rings is 1. The molecule has 0 bridgehead atoms. The van der Waals surface area contributed by atoms with Crippen LogP contribution in [0.15, 0.2) is 64.5 Å². The monoisotopic (exact) mass is 401 g/mol. The summed E-state index contributed by atoms with van der Waals surface area (Å²) in [6.07, 6.45) is 1.44. The van der Waals surface area contributed by atoms with E-state index < -0.39 is 9.84 Å². The van der Waals surface area contributed by atoms with E-state index >= 15 is 0 Å². The van der Waals surface area contributed by atoms with E-state index in [1.165, 1.54) is 12.3 Å². The van der Waals surface area contributed by atoms with Crippen LogP contribution >= 0.6 is 11.6 Å². The van der Waals surface area contributed by atoms with Crippen LogP contribution in [0.2, 0.25) is 5.02 Å². The largest absolute Gasteiger partial charge is 0.367 e. The van der Waals surface area contributed by atoms with Crippen molar-refractivity contribution in [1.29, 1.82) is 0 Å². The lowest BCUT2D eigenvalue weighted by atomic mass is 10.1. The normalized spacial score (nSPS) is 18.0. The van der Waals surface area contributed by atoms with Crippen molar-refractivity contribution < 1.29 is 8.42 Å². The van der Waals surface area contributed by atoms with Crippen LogP contribution < -0.4 is 10.2 Å². The first-order valence-electron chi connectivity index (χ1n) is 8.83. The van der Waals surface area contributed by atoms with E-state index in [1.807, 2.05) is 18.2 Å². The topological polar surface area (TPSA) is 62.3 Å². The van der Waals surface area contributed by atoms with E-state index in [0.717, 1.165) is 36.2 Å². The van der Waals surface area contributed by atoms with Crippen molar-refractivity contribution in [2.24, 2.45) is 0 Å². The summed E-state index contributed by atoms with van der Waals surface area (Å²) in [6, 6.07) is 14.3. The first kappa shape index (κ1) is 18.2. The standard InChI is InChI=1S/C20H20ClN3O2S/c1-14-13-24(9-8-22-14)19-7-2-4-15-10-18(12-23-20(15)19)27(25,26)17-6-3-5-16(21)11-17/h2-7,10-12,14,22H,8-9,13H2,1H3/t14-/m0/s1. The molecule has 2 heterocycles. The highest BCUT2D eigenvalue weighted by Gasteiger charge is 2.21. The number of rotatable bonds is 3. The number of benzene rings is 2. The third kappa shape index (κ3) is 3.52. The molecule has 1 fully saturated rings. The Hall–Kier alpha value is -2.15. The van der Waals surface area contributed by atoms with E-state index in [4.69, 9.17) is 11.6 Å². The zero-order chi connectivity index (χ0) is 19.0. The Morgan fingerprint density at radius 1 is 1.15 bits per heavy atom. The van der Waals surface area contributed by atoms with E-state index in [0.29, 0.717) is 11.1 Å². The number of halogens is 1. The minimum atomic E-state index is -3.67. The van der Waals surface area contributed by atoms with Crippen LogP contribution in [-0.4, -0.2) is 39.1 Å². The number of nitrogens with one attached hydrogen (secondary N) is 1.